The van der Waals surface area contributed by atoms with E-state index in [0.29, 0.717) is 5.56 Å². The molecule has 2 aromatic rings. The number of aromatic nitrogens is 1. The summed E-state index contributed by atoms with van der Waals surface area (Å²) < 4.78 is 20.5. The van der Waals surface area contributed by atoms with Gasteiger partial charge in [0.25, 0.3) is 5.91 Å². The Morgan fingerprint density at radius 3 is 2.50 bits per heavy atom. The standard InChI is InChI=1S/C18H21FN2O3/c1-11(2)21-12(3)9-14(13(21)4)18(23)24-10-17(22)20-16-8-6-5-7-15(16)19/h5-9,11H,10H2,1-4H3,(H,20,22). The molecule has 0 radical (unpaired) electrons. The second-order valence-corrected chi connectivity index (χ2v) is 5.85. The number of anilines is 1. The largest absolute Gasteiger partial charge is 0.452 e. The predicted molar refractivity (Wildman–Crippen MR) is 89.6 cm³/mol. The van der Waals surface area contributed by atoms with E-state index in [4.69, 9.17) is 4.74 Å². The number of esters is 1. The van der Waals surface area contributed by atoms with E-state index in [9.17, 15) is 14.0 Å². The summed E-state index contributed by atoms with van der Waals surface area (Å²) in [5, 5.41) is 2.37. The Morgan fingerprint density at radius 1 is 1.25 bits per heavy atom. The molecule has 128 valence electrons. The molecule has 0 saturated heterocycles. The van der Waals surface area contributed by atoms with Gasteiger partial charge in [-0.1, -0.05) is 12.1 Å². The molecule has 6 heteroatoms. The molecule has 0 aliphatic carbocycles. The zero-order valence-corrected chi connectivity index (χ0v) is 14.2. The lowest BCUT2D eigenvalue weighted by Gasteiger charge is -2.13. The van der Waals surface area contributed by atoms with Gasteiger partial charge in [0.1, 0.15) is 5.82 Å². The van der Waals surface area contributed by atoms with Crippen molar-refractivity contribution >= 4 is 17.6 Å². The predicted octanol–water partition coefficient (Wildman–Crippen LogP) is 3.62. The quantitative estimate of drug-likeness (QED) is 0.851. The maximum atomic E-state index is 13.5. The summed E-state index contributed by atoms with van der Waals surface area (Å²) in [7, 11) is 0. The van der Waals surface area contributed by atoms with Crippen molar-refractivity contribution in [1.29, 1.82) is 0 Å². The normalized spacial score (nSPS) is 10.8. The molecule has 1 aromatic carbocycles. The number of nitrogens with zero attached hydrogens (tertiary/aromatic N) is 1. The molecule has 0 aliphatic heterocycles. The van der Waals surface area contributed by atoms with E-state index < -0.39 is 24.3 Å². The molecule has 0 aliphatic rings. The van der Waals surface area contributed by atoms with Crippen LogP contribution in [0.1, 0.15) is 41.6 Å². The van der Waals surface area contributed by atoms with Crippen LogP contribution in [-0.4, -0.2) is 23.1 Å². The summed E-state index contributed by atoms with van der Waals surface area (Å²) in [4.78, 5) is 24.0. The summed E-state index contributed by atoms with van der Waals surface area (Å²) in [5.74, 6) is -1.71. The lowest BCUT2D eigenvalue weighted by molar-refractivity contribution is -0.119. The molecule has 0 bridgehead atoms. The van der Waals surface area contributed by atoms with Crippen LogP contribution in [0.5, 0.6) is 0 Å². The van der Waals surface area contributed by atoms with Gasteiger partial charge < -0.3 is 14.6 Å². The van der Waals surface area contributed by atoms with Gasteiger partial charge in [-0.15, -0.1) is 0 Å². The number of benzene rings is 1. The highest BCUT2D eigenvalue weighted by Gasteiger charge is 2.19. The Hall–Kier alpha value is -2.63. The van der Waals surface area contributed by atoms with Crippen molar-refractivity contribution < 1.29 is 18.7 Å². The van der Waals surface area contributed by atoms with E-state index in [1.807, 2.05) is 32.3 Å². The van der Waals surface area contributed by atoms with E-state index in [0.717, 1.165) is 11.4 Å². The third kappa shape index (κ3) is 3.82. The van der Waals surface area contributed by atoms with Gasteiger partial charge in [0.05, 0.1) is 11.3 Å². The van der Waals surface area contributed by atoms with Gasteiger partial charge >= 0.3 is 5.97 Å². The van der Waals surface area contributed by atoms with Crippen LogP contribution in [0.15, 0.2) is 30.3 Å². The Labute approximate surface area is 140 Å². The van der Waals surface area contributed by atoms with Crippen molar-refractivity contribution in [3.8, 4) is 0 Å². The molecule has 0 fully saturated rings. The maximum Gasteiger partial charge on any atom is 0.340 e. The number of carbonyl (C=O) groups is 2. The number of rotatable bonds is 5. The van der Waals surface area contributed by atoms with Crippen LogP contribution in [0.25, 0.3) is 0 Å². The molecular weight excluding hydrogens is 311 g/mol. The summed E-state index contributed by atoms with van der Waals surface area (Å²) in [6, 6.07) is 7.76. The van der Waals surface area contributed by atoms with E-state index in [2.05, 4.69) is 5.32 Å². The molecule has 1 heterocycles. The van der Waals surface area contributed by atoms with Crippen LogP contribution in [0.4, 0.5) is 10.1 Å². The smallest absolute Gasteiger partial charge is 0.340 e. The fourth-order valence-corrected chi connectivity index (χ4v) is 2.74. The molecule has 1 N–H and O–H groups in total. The number of para-hydroxylation sites is 1. The molecule has 0 unspecified atom stereocenters. The van der Waals surface area contributed by atoms with Crippen LogP contribution in [0, 0.1) is 19.7 Å². The summed E-state index contributed by atoms with van der Waals surface area (Å²) >= 11 is 0. The SMILES string of the molecule is Cc1cc(C(=O)OCC(=O)Nc2ccccc2F)c(C)n1C(C)C. The average Bonchev–Trinajstić information content (AvgIpc) is 2.82. The van der Waals surface area contributed by atoms with Crippen LogP contribution in [-0.2, 0) is 9.53 Å². The minimum Gasteiger partial charge on any atom is -0.452 e. The Bertz CT molecular complexity index is 766. The Kier molecular flexibility index (Phi) is 5.39. The Balaban J connectivity index is 2.00. The molecule has 1 aromatic heterocycles. The maximum absolute atomic E-state index is 13.5. The zero-order valence-electron chi connectivity index (χ0n) is 14.2. The van der Waals surface area contributed by atoms with E-state index >= 15 is 0 Å². The molecule has 5 nitrogen and oxygen atoms in total. The van der Waals surface area contributed by atoms with Gasteiger partial charge in [0.15, 0.2) is 6.61 Å². The van der Waals surface area contributed by atoms with Crippen LogP contribution >= 0.6 is 0 Å². The number of aryl methyl sites for hydroxylation is 1. The summed E-state index contributed by atoms with van der Waals surface area (Å²) in [6.45, 7) is 7.32. The van der Waals surface area contributed by atoms with Gasteiger partial charge in [-0.2, -0.15) is 0 Å². The summed E-state index contributed by atoms with van der Waals surface area (Å²) in [6.07, 6.45) is 0. The summed E-state index contributed by atoms with van der Waals surface area (Å²) in [5.41, 5.74) is 2.23. The highest BCUT2D eigenvalue weighted by Crippen LogP contribution is 2.20. The van der Waals surface area contributed by atoms with E-state index in [-0.39, 0.29) is 11.7 Å². The van der Waals surface area contributed by atoms with Crippen LogP contribution in [0.3, 0.4) is 0 Å². The van der Waals surface area contributed by atoms with Gasteiger partial charge in [0.2, 0.25) is 0 Å². The lowest BCUT2D eigenvalue weighted by Crippen LogP contribution is -2.21. The highest BCUT2D eigenvalue weighted by atomic mass is 19.1. The monoisotopic (exact) mass is 332 g/mol. The van der Waals surface area contributed by atoms with Crippen LogP contribution in [0.2, 0.25) is 0 Å². The fourth-order valence-electron chi connectivity index (χ4n) is 2.74. The molecule has 0 saturated carbocycles. The second kappa shape index (κ2) is 7.29. The van der Waals surface area contributed by atoms with Gasteiger partial charge in [-0.25, -0.2) is 9.18 Å². The van der Waals surface area contributed by atoms with Crippen molar-refractivity contribution in [2.75, 3.05) is 11.9 Å². The Morgan fingerprint density at radius 2 is 1.92 bits per heavy atom. The van der Waals surface area contributed by atoms with Crippen molar-refractivity contribution in [1.82, 2.24) is 4.57 Å². The average molecular weight is 332 g/mol. The number of amides is 1. The minimum atomic E-state index is -0.592. The highest BCUT2D eigenvalue weighted by molar-refractivity contribution is 5.96. The number of nitrogens with one attached hydrogen (secondary N) is 1. The van der Waals surface area contributed by atoms with Gasteiger partial charge in [-0.3, -0.25) is 4.79 Å². The first-order valence-electron chi connectivity index (χ1n) is 7.71. The molecule has 0 atom stereocenters. The molecular formula is C18H21FN2O3. The van der Waals surface area contributed by atoms with Crippen molar-refractivity contribution in [3.63, 3.8) is 0 Å². The molecule has 0 spiro atoms. The first-order chi connectivity index (χ1) is 11.3. The number of ether oxygens (including phenoxy) is 1. The van der Waals surface area contributed by atoms with Crippen molar-refractivity contribution in [3.05, 3.63) is 53.1 Å². The van der Waals surface area contributed by atoms with Gasteiger partial charge in [0, 0.05) is 17.4 Å². The lowest BCUT2D eigenvalue weighted by atomic mass is 10.2. The topological polar surface area (TPSA) is 60.3 Å². The molecule has 24 heavy (non-hydrogen) atoms. The molecule has 1 amide bonds. The zero-order chi connectivity index (χ0) is 17.9. The van der Waals surface area contributed by atoms with Crippen molar-refractivity contribution in [2.24, 2.45) is 0 Å². The fraction of sp³-hybridized carbons (Fsp3) is 0.333. The van der Waals surface area contributed by atoms with Crippen molar-refractivity contribution in [2.45, 2.75) is 33.7 Å². The third-order valence-corrected chi connectivity index (χ3v) is 3.70. The van der Waals surface area contributed by atoms with E-state index in [1.54, 1.807) is 12.1 Å². The first kappa shape index (κ1) is 17.7. The number of hydrogen-bond donors (Lipinski definition) is 1. The van der Waals surface area contributed by atoms with Gasteiger partial charge in [-0.05, 0) is 45.9 Å². The third-order valence-electron chi connectivity index (χ3n) is 3.70. The van der Waals surface area contributed by atoms with E-state index in [1.165, 1.54) is 18.2 Å². The first-order valence-corrected chi connectivity index (χ1v) is 7.71. The number of carbonyl (C=O) groups excluding carboxylic acids is 2. The number of halogens is 1. The number of hydrogen-bond acceptors (Lipinski definition) is 3. The van der Waals surface area contributed by atoms with Crippen LogP contribution < -0.4 is 5.32 Å². The molecule has 2 rings (SSSR count). The second-order valence-electron chi connectivity index (χ2n) is 5.85. The minimum absolute atomic E-state index is 0.0523.